The normalized spacial score (nSPS) is 19.9. The molecule has 9 heteroatoms. The third-order valence-electron chi connectivity index (χ3n) is 6.53. The third-order valence-corrected chi connectivity index (χ3v) is 6.53. The average Bonchev–Trinajstić information content (AvgIpc) is 3.16. The second-order valence-electron chi connectivity index (χ2n) is 9.25. The summed E-state index contributed by atoms with van der Waals surface area (Å²) < 4.78 is 22.2. The first-order chi connectivity index (χ1) is 17.8. The van der Waals surface area contributed by atoms with Crippen molar-refractivity contribution >= 4 is 17.4 Å². The van der Waals surface area contributed by atoms with E-state index in [1.807, 2.05) is 13.8 Å². The lowest BCUT2D eigenvalue weighted by atomic mass is 9.94. The minimum Gasteiger partial charge on any atom is -0.507 e. The van der Waals surface area contributed by atoms with E-state index in [0.717, 1.165) is 13.1 Å². The van der Waals surface area contributed by atoms with Gasteiger partial charge in [-0.05, 0) is 56.3 Å². The molecule has 4 rings (SSSR count). The molecule has 0 bridgehead atoms. The van der Waals surface area contributed by atoms with Crippen molar-refractivity contribution in [3.05, 3.63) is 59.2 Å². The molecule has 2 fully saturated rings. The van der Waals surface area contributed by atoms with Crippen LogP contribution in [-0.2, 0) is 14.3 Å². The van der Waals surface area contributed by atoms with Crippen molar-refractivity contribution in [2.24, 2.45) is 0 Å². The van der Waals surface area contributed by atoms with Crippen molar-refractivity contribution in [1.82, 2.24) is 9.80 Å². The zero-order chi connectivity index (χ0) is 26.5. The summed E-state index contributed by atoms with van der Waals surface area (Å²) in [5.74, 6) is 0.0171. The van der Waals surface area contributed by atoms with Crippen LogP contribution in [0.25, 0.3) is 5.76 Å². The Morgan fingerprint density at radius 1 is 1.00 bits per heavy atom. The summed E-state index contributed by atoms with van der Waals surface area (Å²) in [6.07, 6.45) is -0.00300. The number of nitrogens with zero attached hydrogens (tertiary/aromatic N) is 2. The summed E-state index contributed by atoms with van der Waals surface area (Å²) in [6.45, 7) is 7.48. The maximum Gasteiger partial charge on any atom is 0.295 e. The number of benzene rings is 2. The van der Waals surface area contributed by atoms with E-state index in [1.165, 1.54) is 12.0 Å². The number of likely N-dealkylation sites (tertiary alicyclic amines) is 1. The number of Topliss-reactive ketones (excluding diaryl/α,β-unsaturated/α-hetero) is 1. The van der Waals surface area contributed by atoms with Crippen molar-refractivity contribution in [2.45, 2.75) is 26.0 Å². The van der Waals surface area contributed by atoms with Crippen LogP contribution in [0.15, 0.2) is 48.0 Å². The zero-order valence-electron chi connectivity index (χ0n) is 21.7. The monoisotopic (exact) mass is 510 g/mol. The maximum absolute atomic E-state index is 13.4. The molecule has 0 saturated carbocycles. The molecule has 0 unspecified atom stereocenters. The fraction of sp³-hybridized carbons (Fsp3) is 0.429. The summed E-state index contributed by atoms with van der Waals surface area (Å²) in [5, 5.41) is 11.4. The van der Waals surface area contributed by atoms with Gasteiger partial charge in [-0.1, -0.05) is 0 Å². The molecule has 37 heavy (non-hydrogen) atoms. The van der Waals surface area contributed by atoms with Gasteiger partial charge >= 0.3 is 0 Å². The highest BCUT2D eigenvalue weighted by molar-refractivity contribution is 6.46. The van der Waals surface area contributed by atoms with E-state index >= 15 is 0 Å². The first-order valence-electron chi connectivity index (χ1n) is 12.4. The number of rotatable bonds is 9. The van der Waals surface area contributed by atoms with Crippen LogP contribution in [0.4, 0.5) is 0 Å². The molecule has 1 amide bonds. The SMILES string of the molecule is COc1ccc(OC)c([C@@H]2C(=C(O)c3ccc(OC(C)C)cc3)C(=O)C(=O)N2CCN2CCOCC2)c1. The highest BCUT2D eigenvalue weighted by Crippen LogP contribution is 2.43. The number of hydrogen-bond donors (Lipinski definition) is 1. The number of aliphatic hydroxyl groups excluding tert-OH is 1. The largest absolute Gasteiger partial charge is 0.507 e. The van der Waals surface area contributed by atoms with Crippen molar-refractivity contribution in [1.29, 1.82) is 0 Å². The van der Waals surface area contributed by atoms with Gasteiger partial charge in [0, 0.05) is 37.3 Å². The van der Waals surface area contributed by atoms with Gasteiger partial charge in [-0.3, -0.25) is 14.5 Å². The molecule has 0 aliphatic carbocycles. The second kappa shape index (κ2) is 11.7. The molecule has 0 spiro atoms. The van der Waals surface area contributed by atoms with E-state index < -0.39 is 17.7 Å². The summed E-state index contributed by atoms with van der Waals surface area (Å²) in [7, 11) is 3.07. The number of morpholine rings is 1. The first kappa shape index (κ1) is 26.5. The summed E-state index contributed by atoms with van der Waals surface area (Å²) in [6, 6.07) is 11.2. The maximum atomic E-state index is 13.4. The van der Waals surface area contributed by atoms with Gasteiger partial charge in [0.1, 0.15) is 23.0 Å². The second-order valence-corrected chi connectivity index (χ2v) is 9.25. The van der Waals surface area contributed by atoms with Crippen molar-refractivity contribution in [3.63, 3.8) is 0 Å². The molecule has 0 aromatic heterocycles. The van der Waals surface area contributed by atoms with Gasteiger partial charge in [0.15, 0.2) is 0 Å². The predicted octanol–water partition coefficient (Wildman–Crippen LogP) is 3.24. The van der Waals surface area contributed by atoms with E-state index in [-0.39, 0.29) is 17.4 Å². The Morgan fingerprint density at radius 3 is 2.30 bits per heavy atom. The van der Waals surface area contributed by atoms with Crippen molar-refractivity contribution in [2.75, 3.05) is 53.6 Å². The molecule has 2 aromatic rings. The summed E-state index contributed by atoms with van der Waals surface area (Å²) in [5.41, 5.74) is 0.981. The fourth-order valence-corrected chi connectivity index (χ4v) is 4.68. The van der Waals surface area contributed by atoms with E-state index in [2.05, 4.69) is 4.90 Å². The van der Waals surface area contributed by atoms with Crippen LogP contribution in [-0.4, -0.2) is 86.3 Å². The van der Waals surface area contributed by atoms with Gasteiger partial charge in [-0.25, -0.2) is 0 Å². The molecule has 2 aromatic carbocycles. The molecular weight excluding hydrogens is 476 g/mol. The molecule has 2 aliphatic heterocycles. The summed E-state index contributed by atoms with van der Waals surface area (Å²) >= 11 is 0. The molecule has 198 valence electrons. The van der Waals surface area contributed by atoms with Gasteiger partial charge in [0.25, 0.3) is 11.7 Å². The quantitative estimate of drug-likeness (QED) is 0.312. The van der Waals surface area contributed by atoms with E-state index in [9.17, 15) is 14.7 Å². The van der Waals surface area contributed by atoms with Crippen LogP contribution >= 0.6 is 0 Å². The number of methoxy groups -OCH3 is 2. The van der Waals surface area contributed by atoms with Gasteiger partial charge < -0.3 is 29.0 Å². The molecule has 2 heterocycles. The van der Waals surface area contributed by atoms with Crippen molar-refractivity contribution in [3.8, 4) is 17.2 Å². The zero-order valence-corrected chi connectivity index (χ0v) is 21.7. The Hall–Kier alpha value is -3.56. The van der Waals surface area contributed by atoms with Gasteiger partial charge in [0.05, 0.1) is 45.2 Å². The van der Waals surface area contributed by atoms with E-state index in [1.54, 1.807) is 49.6 Å². The van der Waals surface area contributed by atoms with E-state index in [4.69, 9.17) is 18.9 Å². The van der Waals surface area contributed by atoms with Crippen molar-refractivity contribution < 1.29 is 33.6 Å². The number of ether oxygens (including phenoxy) is 4. The van der Waals surface area contributed by atoms with Crippen LogP contribution in [0.2, 0.25) is 0 Å². The third kappa shape index (κ3) is 5.73. The van der Waals surface area contributed by atoms with Crippen LogP contribution in [0.5, 0.6) is 17.2 Å². The average molecular weight is 511 g/mol. The van der Waals surface area contributed by atoms with Crippen LogP contribution in [0.1, 0.15) is 31.0 Å². The van der Waals surface area contributed by atoms with Gasteiger partial charge in [0.2, 0.25) is 0 Å². The van der Waals surface area contributed by atoms with Gasteiger partial charge in [-0.15, -0.1) is 0 Å². The van der Waals surface area contributed by atoms with E-state index in [0.29, 0.717) is 54.7 Å². The highest BCUT2D eigenvalue weighted by Gasteiger charge is 2.47. The minimum atomic E-state index is -0.849. The lowest BCUT2D eigenvalue weighted by Gasteiger charge is -2.31. The molecule has 2 saturated heterocycles. The number of carbonyl (C=O) groups is 2. The Bertz CT molecular complexity index is 1150. The standard InChI is InChI=1S/C28H34N2O7/c1-18(2)37-20-7-5-19(6-8-20)26(31)24-25(22-17-21(34-3)9-10-23(22)35-4)30(28(33)27(24)32)12-11-29-13-15-36-16-14-29/h5-10,17-18,25,31H,11-16H2,1-4H3/t25-/m1/s1. The molecule has 2 aliphatic rings. The van der Waals surface area contributed by atoms with Crippen LogP contribution < -0.4 is 14.2 Å². The topological polar surface area (TPSA) is 97.8 Å². The number of aliphatic hydroxyl groups is 1. The highest BCUT2D eigenvalue weighted by atomic mass is 16.5. The Labute approximate surface area is 217 Å². The Balaban J connectivity index is 1.78. The van der Waals surface area contributed by atoms with Gasteiger partial charge in [-0.2, -0.15) is 0 Å². The Kier molecular flexibility index (Phi) is 8.35. The number of carbonyl (C=O) groups excluding carboxylic acids is 2. The molecule has 0 radical (unpaired) electrons. The van der Waals surface area contributed by atoms with Crippen LogP contribution in [0.3, 0.4) is 0 Å². The lowest BCUT2D eigenvalue weighted by molar-refractivity contribution is -0.140. The number of ketones is 1. The molecule has 1 N–H and O–H groups in total. The summed E-state index contributed by atoms with van der Waals surface area (Å²) in [4.78, 5) is 30.4. The predicted molar refractivity (Wildman–Crippen MR) is 138 cm³/mol. The minimum absolute atomic E-state index is 0.00300. The molecule has 9 nitrogen and oxygen atoms in total. The first-order valence-corrected chi connectivity index (χ1v) is 12.4. The molecular formula is C28H34N2O7. The fourth-order valence-electron chi connectivity index (χ4n) is 4.68. The number of amides is 1. The number of hydrogen-bond acceptors (Lipinski definition) is 8. The lowest BCUT2D eigenvalue weighted by Crippen LogP contribution is -2.42. The smallest absolute Gasteiger partial charge is 0.295 e. The Morgan fingerprint density at radius 2 is 1.68 bits per heavy atom. The van der Waals surface area contributed by atoms with Crippen LogP contribution in [0, 0.1) is 0 Å². The molecule has 1 atom stereocenters.